The molecular formula is C24H19N3. The second-order valence-corrected chi connectivity index (χ2v) is 6.60. The van der Waals surface area contributed by atoms with Crippen molar-refractivity contribution in [1.82, 2.24) is 9.97 Å². The van der Waals surface area contributed by atoms with Gasteiger partial charge >= 0.3 is 0 Å². The van der Waals surface area contributed by atoms with Crippen molar-refractivity contribution in [1.29, 1.82) is 0 Å². The molecule has 0 fully saturated rings. The summed E-state index contributed by atoms with van der Waals surface area (Å²) in [4.78, 5) is 6.60. The fraction of sp³-hybridized carbons (Fsp3) is 0. The molecule has 5 aromatic rings. The number of benzene rings is 3. The number of hydrogen-bond donors (Lipinski definition) is 3. The molecule has 0 aliphatic carbocycles. The Labute approximate surface area is 157 Å². The minimum absolute atomic E-state index is 1.06. The standard InChI is InChI=1S/C24H19N3/c1-2-7-17(8-3-1)18-9-6-10-19(13-18)27-24-16-25-14-22(24)21-15-26-23-12-5-4-11-20(21)23/h1-16,25-27H. The van der Waals surface area contributed by atoms with E-state index in [2.05, 4.69) is 88.2 Å². The van der Waals surface area contributed by atoms with E-state index in [1.807, 2.05) is 24.5 Å². The Balaban J connectivity index is 1.51. The van der Waals surface area contributed by atoms with Crippen LogP contribution in [0.3, 0.4) is 0 Å². The van der Waals surface area contributed by atoms with Gasteiger partial charge < -0.3 is 15.3 Å². The zero-order valence-electron chi connectivity index (χ0n) is 14.7. The Hall–Kier alpha value is -3.72. The topological polar surface area (TPSA) is 43.6 Å². The molecule has 0 amide bonds. The quantitative estimate of drug-likeness (QED) is 0.337. The van der Waals surface area contributed by atoms with Crippen molar-refractivity contribution in [3.05, 3.63) is 97.5 Å². The van der Waals surface area contributed by atoms with E-state index < -0.39 is 0 Å². The van der Waals surface area contributed by atoms with Crippen LogP contribution >= 0.6 is 0 Å². The molecule has 3 nitrogen and oxygen atoms in total. The Morgan fingerprint density at radius 2 is 1.44 bits per heavy atom. The van der Waals surface area contributed by atoms with E-state index in [4.69, 9.17) is 0 Å². The Bertz CT molecular complexity index is 1200. The molecule has 130 valence electrons. The Morgan fingerprint density at radius 1 is 0.630 bits per heavy atom. The fourth-order valence-corrected chi connectivity index (χ4v) is 3.55. The second kappa shape index (κ2) is 6.54. The van der Waals surface area contributed by atoms with Crippen molar-refractivity contribution >= 4 is 22.3 Å². The third kappa shape index (κ3) is 2.89. The van der Waals surface area contributed by atoms with E-state index >= 15 is 0 Å². The molecule has 27 heavy (non-hydrogen) atoms. The van der Waals surface area contributed by atoms with Crippen LogP contribution in [0, 0.1) is 0 Å². The minimum Gasteiger partial charge on any atom is -0.365 e. The molecule has 5 rings (SSSR count). The molecular weight excluding hydrogens is 330 g/mol. The van der Waals surface area contributed by atoms with Gasteiger partial charge in [-0.3, -0.25) is 0 Å². The number of rotatable bonds is 4. The molecule has 0 radical (unpaired) electrons. The van der Waals surface area contributed by atoms with Crippen LogP contribution in [0.4, 0.5) is 11.4 Å². The maximum Gasteiger partial charge on any atom is 0.0642 e. The predicted molar refractivity (Wildman–Crippen MR) is 113 cm³/mol. The lowest BCUT2D eigenvalue weighted by Crippen LogP contribution is -1.91. The SMILES string of the molecule is c1ccc(-c2cccc(Nc3c[nH]cc3-c3c[nH]c4ccccc34)c2)cc1. The molecule has 0 saturated heterocycles. The number of H-pyrrole nitrogens is 2. The van der Waals surface area contributed by atoms with Crippen molar-refractivity contribution < 1.29 is 0 Å². The summed E-state index contributed by atoms with van der Waals surface area (Å²) >= 11 is 0. The summed E-state index contributed by atoms with van der Waals surface area (Å²) in [6.45, 7) is 0. The van der Waals surface area contributed by atoms with Gasteiger partial charge in [-0.15, -0.1) is 0 Å². The number of aromatic amines is 2. The second-order valence-electron chi connectivity index (χ2n) is 6.60. The van der Waals surface area contributed by atoms with Crippen LogP contribution in [-0.4, -0.2) is 9.97 Å². The van der Waals surface area contributed by atoms with Crippen molar-refractivity contribution in [2.24, 2.45) is 0 Å². The van der Waals surface area contributed by atoms with Gasteiger partial charge in [-0.25, -0.2) is 0 Å². The average Bonchev–Trinajstić information content (AvgIpc) is 3.35. The van der Waals surface area contributed by atoms with Crippen LogP contribution in [0.15, 0.2) is 97.5 Å². The molecule has 0 aliphatic heterocycles. The molecule has 0 aliphatic rings. The lowest BCUT2D eigenvalue weighted by atomic mass is 10.0. The summed E-state index contributed by atoms with van der Waals surface area (Å²) in [5.74, 6) is 0. The maximum atomic E-state index is 3.57. The molecule has 3 aromatic carbocycles. The molecule has 2 heterocycles. The van der Waals surface area contributed by atoms with Crippen LogP contribution in [0.5, 0.6) is 0 Å². The first-order valence-electron chi connectivity index (χ1n) is 9.04. The molecule has 0 spiro atoms. The maximum absolute atomic E-state index is 3.57. The summed E-state index contributed by atoms with van der Waals surface area (Å²) in [6, 6.07) is 27.3. The zero-order chi connectivity index (χ0) is 18.1. The van der Waals surface area contributed by atoms with Crippen LogP contribution in [-0.2, 0) is 0 Å². The first-order valence-corrected chi connectivity index (χ1v) is 9.04. The van der Waals surface area contributed by atoms with E-state index in [9.17, 15) is 0 Å². The lowest BCUT2D eigenvalue weighted by molar-refractivity contribution is 1.41. The first kappa shape index (κ1) is 15.5. The molecule has 2 aromatic heterocycles. The van der Waals surface area contributed by atoms with E-state index in [0.29, 0.717) is 0 Å². The smallest absolute Gasteiger partial charge is 0.0642 e. The summed E-state index contributed by atoms with van der Waals surface area (Å²) in [5, 5.41) is 4.79. The molecule has 3 heteroatoms. The van der Waals surface area contributed by atoms with Crippen molar-refractivity contribution in [3.8, 4) is 22.3 Å². The highest BCUT2D eigenvalue weighted by atomic mass is 14.9. The highest BCUT2D eigenvalue weighted by Gasteiger charge is 2.11. The third-order valence-electron chi connectivity index (χ3n) is 4.87. The molecule has 3 N–H and O–H groups in total. The van der Waals surface area contributed by atoms with Gasteiger partial charge in [0, 0.05) is 46.3 Å². The number of aromatic nitrogens is 2. The summed E-state index contributed by atoms with van der Waals surface area (Å²) < 4.78 is 0. The normalized spacial score (nSPS) is 11.0. The van der Waals surface area contributed by atoms with Crippen LogP contribution in [0.1, 0.15) is 0 Å². The molecule has 0 bridgehead atoms. The van der Waals surface area contributed by atoms with Crippen LogP contribution in [0.25, 0.3) is 33.2 Å². The van der Waals surface area contributed by atoms with Crippen molar-refractivity contribution in [2.75, 3.05) is 5.32 Å². The zero-order valence-corrected chi connectivity index (χ0v) is 14.7. The number of anilines is 2. The Morgan fingerprint density at radius 3 is 2.37 bits per heavy atom. The monoisotopic (exact) mass is 349 g/mol. The molecule has 0 unspecified atom stereocenters. The highest BCUT2D eigenvalue weighted by molar-refractivity contribution is 5.99. The minimum atomic E-state index is 1.06. The van der Waals surface area contributed by atoms with Gasteiger partial charge in [-0.1, -0.05) is 60.7 Å². The van der Waals surface area contributed by atoms with Gasteiger partial charge in [0.2, 0.25) is 0 Å². The van der Waals surface area contributed by atoms with Gasteiger partial charge in [0.25, 0.3) is 0 Å². The van der Waals surface area contributed by atoms with Crippen molar-refractivity contribution in [2.45, 2.75) is 0 Å². The number of para-hydroxylation sites is 1. The molecule has 0 atom stereocenters. The number of nitrogens with one attached hydrogen (secondary N) is 3. The van der Waals surface area contributed by atoms with E-state index in [-0.39, 0.29) is 0 Å². The number of hydrogen-bond acceptors (Lipinski definition) is 1. The summed E-state index contributed by atoms with van der Waals surface area (Å²) in [6.07, 6.45) is 6.12. The predicted octanol–water partition coefficient (Wildman–Crippen LogP) is 6.57. The third-order valence-corrected chi connectivity index (χ3v) is 4.87. The van der Waals surface area contributed by atoms with Gasteiger partial charge in [-0.2, -0.15) is 0 Å². The Kier molecular flexibility index (Phi) is 3.76. The van der Waals surface area contributed by atoms with Crippen LogP contribution < -0.4 is 5.32 Å². The highest BCUT2D eigenvalue weighted by Crippen LogP contribution is 2.35. The summed E-state index contributed by atoms with van der Waals surface area (Å²) in [5.41, 5.74) is 8.02. The van der Waals surface area contributed by atoms with Gasteiger partial charge in [-0.05, 0) is 29.3 Å². The molecule has 0 saturated carbocycles. The van der Waals surface area contributed by atoms with Crippen molar-refractivity contribution in [3.63, 3.8) is 0 Å². The van der Waals surface area contributed by atoms with E-state index in [0.717, 1.165) is 22.5 Å². The lowest BCUT2D eigenvalue weighted by Gasteiger charge is -2.09. The van der Waals surface area contributed by atoms with E-state index in [1.165, 1.54) is 22.1 Å². The van der Waals surface area contributed by atoms with Gasteiger partial charge in [0.15, 0.2) is 0 Å². The fourth-order valence-electron chi connectivity index (χ4n) is 3.55. The van der Waals surface area contributed by atoms with Gasteiger partial charge in [0.1, 0.15) is 0 Å². The van der Waals surface area contributed by atoms with E-state index in [1.54, 1.807) is 0 Å². The average molecular weight is 349 g/mol. The van der Waals surface area contributed by atoms with Crippen LogP contribution in [0.2, 0.25) is 0 Å². The largest absolute Gasteiger partial charge is 0.365 e. The van der Waals surface area contributed by atoms with Gasteiger partial charge in [0.05, 0.1) is 5.69 Å². The summed E-state index contributed by atoms with van der Waals surface area (Å²) in [7, 11) is 0. The first-order chi connectivity index (χ1) is 13.4. The number of fused-ring (bicyclic) bond motifs is 1.